The van der Waals surface area contributed by atoms with Crippen molar-refractivity contribution in [1.82, 2.24) is 23.9 Å². The Labute approximate surface area is 265 Å². The molecule has 0 saturated carbocycles. The van der Waals surface area contributed by atoms with Crippen molar-refractivity contribution in [3.8, 4) is 11.5 Å². The van der Waals surface area contributed by atoms with Crippen LogP contribution in [0.2, 0.25) is 5.02 Å². The molecule has 250 valence electrons. The first-order chi connectivity index (χ1) is 21.2. The third kappa shape index (κ3) is 9.93. The van der Waals surface area contributed by atoms with Crippen LogP contribution in [-0.4, -0.2) is 124 Å². The number of halogens is 3. The smallest absolute Gasteiger partial charge is 0.409 e. The molecular formula is C26H34ClF2N5O9S2. The van der Waals surface area contributed by atoms with Gasteiger partial charge in [0.15, 0.2) is 17.4 Å². The van der Waals surface area contributed by atoms with Crippen molar-refractivity contribution < 1.29 is 49.9 Å². The molecule has 0 radical (unpaired) electrons. The molecule has 2 amide bonds. The number of nitrogens with one attached hydrogen (secondary N) is 1. The van der Waals surface area contributed by atoms with E-state index in [0.717, 1.165) is 4.31 Å². The van der Waals surface area contributed by atoms with Crippen molar-refractivity contribution >= 4 is 43.6 Å². The number of likely N-dealkylation sites (N-methyl/N-ethyl adjacent to an activating group) is 1. The maximum atomic E-state index is 14.9. The van der Waals surface area contributed by atoms with Gasteiger partial charge >= 0.3 is 6.09 Å². The molecular weight excluding hydrogens is 664 g/mol. The summed E-state index contributed by atoms with van der Waals surface area (Å²) in [5.74, 6) is -5.08. The molecule has 1 aliphatic heterocycles. The fourth-order valence-electron chi connectivity index (χ4n) is 4.19. The SMILES string of the molecule is CCOC(=O)N1CCN(CCS(=O)(=O)N(C)CCN(CC(=O)NO)S(=O)(=O)c2cc(F)c(Oc3ccc(Cl)cc3)c(F)c2)CC1. The Morgan fingerprint density at radius 1 is 1.02 bits per heavy atom. The van der Waals surface area contributed by atoms with Crippen LogP contribution in [0.4, 0.5) is 13.6 Å². The second-order valence-corrected chi connectivity index (χ2v) is 14.4. The third-order valence-corrected chi connectivity index (χ3v) is 10.7. The molecule has 0 spiro atoms. The van der Waals surface area contributed by atoms with Gasteiger partial charge in [0.25, 0.3) is 5.91 Å². The summed E-state index contributed by atoms with van der Waals surface area (Å²) >= 11 is 5.79. The van der Waals surface area contributed by atoms with Crippen molar-refractivity contribution in [3.63, 3.8) is 0 Å². The van der Waals surface area contributed by atoms with E-state index in [1.807, 2.05) is 4.90 Å². The minimum Gasteiger partial charge on any atom is -0.451 e. The normalized spacial score (nSPS) is 14.5. The van der Waals surface area contributed by atoms with E-state index in [9.17, 15) is 35.2 Å². The van der Waals surface area contributed by atoms with E-state index in [1.165, 1.54) is 41.7 Å². The average molecular weight is 698 g/mol. The average Bonchev–Trinajstić information content (AvgIpc) is 3.00. The molecule has 3 rings (SSSR count). The van der Waals surface area contributed by atoms with Gasteiger partial charge in [-0.05, 0) is 43.3 Å². The van der Waals surface area contributed by atoms with Gasteiger partial charge < -0.3 is 14.4 Å². The second kappa shape index (κ2) is 15.9. The lowest BCUT2D eigenvalue weighted by atomic mass is 10.3. The number of hydrogen-bond acceptors (Lipinski definition) is 10. The van der Waals surface area contributed by atoms with Crippen molar-refractivity contribution in [2.24, 2.45) is 0 Å². The highest BCUT2D eigenvalue weighted by atomic mass is 35.5. The van der Waals surface area contributed by atoms with Crippen LogP contribution in [0.5, 0.6) is 11.5 Å². The zero-order valence-corrected chi connectivity index (χ0v) is 26.9. The van der Waals surface area contributed by atoms with Crippen LogP contribution in [0.1, 0.15) is 6.92 Å². The summed E-state index contributed by atoms with van der Waals surface area (Å²) in [4.78, 5) is 26.3. The first kappa shape index (κ1) is 36.3. The van der Waals surface area contributed by atoms with Gasteiger partial charge in [-0.15, -0.1) is 0 Å². The fourth-order valence-corrected chi connectivity index (χ4v) is 6.89. The Morgan fingerprint density at radius 2 is 1.62 bits per heavy atom. The van der Waals surface area contributed by atoms with Gasteiger partial charge in [0.2, 0.25) is 20.0 Å². The zero-order valence-electron chi connectivity index (χ0n) is 24.5. The Bertz CT molecular complexity index is 1540. The predicted octanol–water partition coefficient (Wildman–Crippen LogP) is 1.94. The van der Waals surface area contributed by atoms with Gasteiger partial charge in [0.05, 0.1) is 23.8 Å². The molecule has 2 N–H and O–H groups in total. The van der Waals surface area contributed by atoms with Gasteiger partial charge in [0.1, 0.15) is 5.75 Å². The van der Waals surface area contributed by atoms with E-state index >= 15 is 0 Å². The molecule has 0 bridgehead atoms. The molecule has 0 aromatic heterocycles. The van der Waals surface area contributed by atoms with Gasteiger partial charge in [-0.2, -0.15) is 4.31 Å². The third-order valence-electron chi connectivity index (χ3n) is 6.79. The van der Waals surface area contributed by atoms with Crippen molar-refractivity contribution in [1.29, 1.82) is 0 Å². The van der Waals surface area contributed by atoms with Crippen molar-refractivity contribution in [2.45, 2.75) is 11.8 Å². The monoisotopic (exact) mass is 697 g/mol. The Balaban J connectivity index is 1.68. The molecule has 2 aromatic rings. The minimum atomic E-state index is -4.80. The van der Waals surface area contributed by atoms with Crippen LogP contribution >= 0.6 is 11.6 Å². The zero-order chi connectivity index (χ0) is 33.4. The fraction of sp³-hybridized carbons (Fsp3) is 0.462. The largest absolute Gasteiger partial charge is 0.451 e. The van der Waals surface area contributed by atoms with Gasteiger partial charge in [-0.1, -0.05) is 11.6 Å². The maximum absolute atomic E-state index is 14.9. The molecule has 1 saturated heterocycles. The number of carbonyl (C=O) groups is 2. The van der Waals surface area contributed by atoms with E-state index in [1.54, 1.807) is 6.92 Å². The quantitative estimate of drug-likeness (QED) is 0.220. The van der Waals surface area contributed by atoms with Gasteiger partial charge in [0, 0.05) is 57.9 Å². The Kier molecular flexibility index (Phi) is 12.9. The highest BCUT2D eigenvalue weighted by Crippen LogP contribution is 2.31. The Hall–Kier alpha value is -3.13. The summed E-state index contributed by atoms with van der Waals surface area (Å²) < 4.78 is 94.0. The molecule has 0 aliphatic carbocycles. The van der Waals surface area contributed by atoms with E-state index in [4.69, 9.17) is 26.3 Å². The molecule has 1 fully saturated rings. The molecule has 1 aliphatic rings. The van der Waals surface area contributed by atoms with Gasteiger partial charge in [-0.3, -0.25) is 14.9 Å². The minimum absolute atomic E-state index is 0.0252. The Morgan fingerprint density at radius 3 is 2.18 bits per heavy atom. The van der Waals surface area contributed by atoms with Crippen LogP contribution in [0.25, 0.3) is 0 Å². The molecule has 14 nitrogen and oxygen atoms in total. The first-order valence-electron chi connectivity index (χ1n) is 13.6. The summed E-state index contributed by atoms with van der Waals surface area (Å²) in [7, 11) is -7.50. The molecule has 45 heavy (non-hydrogen) atoms. The number of nitrogens with zero attached hydrogens (tertiary/aromatic N) is 4. The lowest BCUT2D eigenvalue weighted by Gasteiger charge is -2.34. The van der Waals surface area contributed by atoms with E-state index in [2.05, 4.69) is 0 Å². The van der Waals surface area contributed by atoms with Crippen LogP contribution < -0.4 is 10.2 Å². The van der Waals surface area contributed by atoms with Crippen LogP contribution in [0.3, 0.4) is 0 Å². The van der Waals surface area contributed by atoms with Crippen LogP contribution in [-0.2, 0) is 29.6 Å². The predicted molar refractivity (Wildman–Crippen MR) is 158 cm³/mol. The van der Waals surface area contributed by atoms with Crippen molar-refractivity contribution in [2.75, 3.05) is 71.8 Å². The summed E-state index contributed by atoms with van der Waals surface area (Å²) in [5.41, 5.74) is 1.28. The number of sulfonamides is 2. The number of amides is 2. The lowest BCUT2D eigenvalue weighted by molar-refractivity contribution is -0.129. The first-order valence-corrected chi connectivity index (χ1v) is 17.0. The van der Waals surface area contributed by atoms with E-state index in [-0.39, 0.29) is 24.7 Å². The molecule has 0 atom stereocenters. The molecule has 0 unspecified atom stereocenters. The van der Waals surface area contributed by atoms with Gasteiger partial charge in [-0.25, -0.2) is 40.2 Å². The highest BCUT2D eigenvalue weighted by molar-refractivity contribution is 7.89. The van der Waals surface area contributed by atoms with Crippen LogP contribution in [0.15, 0.2) is 41.3 Å². The summed E-state index contributed by atoms with van der Waals surface area (Å²) in [6, 6.07) is 6.52. The number of hydroxylamine groups is 1. The number of piperazine rings is 1. The van der Waals surface area contributed by atoms with E-state index in [0.29, 0.717) is 47.6 Å². The lowest BCUT2D eigenvalue weighted by Crippen LogP contribution is -2.50. The number of ether oxygens (including phenoxy) is 2. The number of carbonyl (C=O) groups excluding carboxylic acids is 2. The standard InChI is InChI=1S/C26H34ClF2N5O9S2/c1-3-42-26(36)33-11-9-32(10-12-33)14-15-44(38,39)31(2)8-13-34(18-24(35)30-37)45(40,41)21-16-22(28)25(23(29)17-21)43-20-6-4-19(27)5-7-20/h4-7,16-17,37H,3,8-15,18H2,1-2H3,(H,30,35). The molecule has 1 heterocycles. The summed E-state index contributed by atoms with van der Waals surface area (Å²) in [6.07, 6.45) is -0.438. The second-order valence-electron chi connectivity index (χ2n) is 9.81. The number of rotatable bonds is 14. The molecule has 2 aromatic carbocycles. The van der Waals surface area contributed by atoms with E-state index < -0.39 is 74.0 Å². The van der Waals surface area contributed by atoms with Crippen LogP contribution in [0, 0.1) is 11.6 Å². The summed E-state index contributed by atoms with van der Waals surface area (Å²) in [5, 5.41) is 9.32. The maximum Gasteiger partial charge on any atom is 0.409 e. The van der Waals surface area contributed by atoms with Crippen molar-refractivity contribution in [3.05, 3.63) is 53.1 Å². The highest BCUT2D eigenvalue weighted by Gasteiger charge is 2.31. The number of hydrogen-bond donors (Lipinski definition) is 2. The topological polar surface area (TPSA) is 166 Å². The molecule has 19 heteroatoms. The summed E-state index contributed by atoms with van der Waals surface area (Å²) in [6.45, 7) is 1.65. The number of benzene rings is 2.